The van der Waals surface area contributed by atoms with E-state index in [1.165, 1.54) is 0 Å². The van der Waals surface area contributed by atoms with Crippen LogP contribution in [-0.4, -0.2) is 29.9 Å². The fourth-order valence-electron chi connectivity index (χ4n) is 4.91. The minimum Gasteiger partial charge on any atom is -0.264 e. The highest BCUT2D eigenvalue weighted by Crippen LogP contribution is 2.34. The lowest BCUT2D eigenvalue weighted by Crippen LogP contribution is -1.93. The monoisotopic (exact) mass is 540 g/mol. The summed E-state index contributed by atoms with van der Waals surface area (Å²) in [6, 6.07) is 34.6. The Balaban J connectivity index is 1.38. The van der Waals surface area contributed by atoms with Gasteiger partial charge < -0.3 is 0 Å². The fraction of sp³-hybridized carbons (Fsp3) is 0. The van der Waals surface area contributed by atoms with Crippen molar-refractivity contribution in [3.8, 4) is 67.4 Å². The number of benzene rings is 1. The van der Waals surface area contributed by atoms with Crippen LogP contribution in [0.15, 0.2) is 147 Å². The molecule has 6 heterocycles. The van der Waals surface area contributed by atoms with Gasteiger partial charge in [0.2, 0.25) is 0 Å². The number of hydrogen-bond donors (Lipinski definition) is 0. The third kappa shape index (κ3) is 5.29. The number of pyridine rings is 6. The first-order valence-electron chi connectivity index (χ1n) is 13.6. The summed E-state index contributed by atoms with van der Waals surface area (Å²) >= 11 is 0. The second kappa shape index (κ2) is 11.3. The van der Waals surface area contributed by atoms with Crippen LogP contribution in [0.3, 0.4) is 0 Å². The highest BCUT2D eigenvalue weighted by atomic mass is 14.7. The average molecular weight is 541 g/mol. The van der Waals surface area contributed by atoms with E-state index in [9.17, 15) is 0 Å². The molecule has 6 nitrogen and oxygen atoms in total. The lowest BCUT2D eigenvalue weighted by molar-refractivity contribution is 1.27. The Hall–Kier alpha value is -5.88. The highest BCUT2D eigenvalue weighted by Gasteiger charge is 2.12. The lowest BCUT2D eigenvalue weighted by atomic mass is 9.96. The summed E-state index contributed by atoms with van der Waals surface area (Å²) in [4.78, 5) is 27.5. The van der Waals surface area contributed by atoms with Crippen LogP contribution in [0.1, 0.15) is 0 Å². The Morgan fingerprint density at radius 1 is 0.310 bits per heavy atom. The van der Waals surface area contributed by atoms with Crippen LogP contribution in [0.2, 0.25) is 0 Å². The first kappa shape index (κ1) is 25.1. The van der Waals surface area contributed by atoms with E-state index in [2.05, 4.69) is 44.2 Å². The number of hydrogen-bond acceptors (Lipinski definition) is 6. The molecule has 7 rings (SSSR count). The predicted octanol–water partition coefficient (Wildman–Crippen LogP) is 8.06. The molecule has 0 atom stereocenters. The van der Waals surface area contributed by atoms with E-state index in [1.54, 1.807) is 18.6 Å². The van der Waals surface area contributed by atoms with Gasteiger partial charge in [0.25, 0.3) is 0 Å². The van der Waals surface area contributed by atoms with Crippen LogP contribution in [0, 0.1) is 0 Å². The third-order valence-electron chi connectivity index (χ3n) is 6.99. The average Bonchev–Trinajstić information content (AvgIpc) is 3.09. The molecule has 1 aromatic carbocycles. The Morgan fingerprint density at radius 3 is 1.24 bits per heavy atom. The van der Waals surface area contributed by atoms with E-state index >= 15 is 0 Å². The molecule has 42 heavy (non-hydrogen) atoms. The minimum atomic E-state index is 0.862. The maximum Gasteiger partial charge on any atom is 0.0725 e. The van der Waals surface area contributed by atoms with Crippen LogP contribution in [-0.2, 0) is 0 Å². The molecule has 0 spiro atoms. The molecule has 0 saturated heterocycles. The molecule has 7 aromatic rings. The van der Waals surface area contributed by atoms with Gasteiger partial charge in [-0.2, -0.15) is 0 Å². The van der Waals surface area contributed by atoms with Crippen LogP contribution in [0.4, 0.5) is 0 Å². The smallest absolute Gasteiger partial charge is 0.0725 e. The highest BCUT2D eigenvalue weighted by molar-refractivity contribution is 5.81. The summed E-state index contributed by atoms with van der Waals surface area (Å²) in [5.74, 6) is 0. The Morgan fingerprint density at radius 2 is 0.762 bits per heavy atom. The summed E-state index contributed by atoms with van der Waals surface area (Å²) in [5.41, 5.74) is 11.3. The van der Waals surface area contributed by atoms with Crippen molar-refractivity contribution in [1.29, 1.82) is 0 Å². The maximum absolute atomic E-state index is 5.02. The van der Waals surface area contributed by atoms with Crippen molar-refractivity contribution in [3.05, 3.63) is 147 Å². The molecule has 6 heteroatoms. The van der Waals surface area contributed by atoms with Crippen LogP contribution in [0.5, 0.6) is 0 Å². The van der Waals surface area contributed by atoms with Crippen LogP contribution in [0.25, 0.3) is 67.4 Å². The van der Waals surface area contributed by atoms with E-state index in [-0.39, 0.29) is 0 Å². The zero-order valence-corrected chi connectivity index (χ0v) is 22.5. The van der Waals surface area contributed by atoms with Crippen molar-refractivity contribution in [2.75, 3.05) is 0 Å². The zero-order valence-electron chi connectivity index (χ0n) is 22.5. The summed E-state index contributed by atoms with van der Waals surface area (Å²) in [6.07, 6.45) is 12.6. The van der Waals surface area contributed by atoms with Gasteiger partial charge in [0, 0.05) is 71.2 Å². The van der Waals surface area contributed by atoms with Crippen molar-refractivity contribution in [3.63, 3.8) is 0 Å². The normalized spacial score (nSPS) is 10.9. The van der Waals surface area contributed by atoms with Crippen LogP contribution < -0.4 is 0 Å². The van der Waals surface area contributed by atoms with E-state index in [1.807, 2.05) is 104 Å². The van der Waals surface area contributed by atoms with Crippen molar-refractivity contribution < 1.29 is 0 Å². The minimum absolute atomic E-state index is 0.862. The topological polar surface area (TPSA) is 77.3 Å². The van der Waals surface area contributed by atoms with Crippen molar-refractivity contribution >= 4 is 0 Å². The molecule has 0 bridgehead atoms. The molecule has 6 aromatic heterocycles. The molecule has 0 amide bonds. The largest absolute Gasteiger partial charge is 0.264 e. The molecule has 0 aliphatic rings. The molecule has 0 aliphatic carbocycles. The summed E-state index contributed by atoms with van der Waals surface area (Å²) in [7, 11) is 0. The van der Waals surface area contributed by atoms with Crippen molar-refractivity contribution in [2.24, 2.45) is 0 Å². The molecule has 0 N–H and O–H groups in total. The van der Waals surface area contributed by atoms with E-state index < -0.39 is 0 Å². The summed E-state index contributed by atoms with van der Waals surface area (Å²) in [5, 5.41) is 0. The van der Waals surface area contributed by atoms with Gasteiger partial charge in [-0.3, -0.25) is 19.9 Å². The Labute approximate surface area is 243 Å². The van der Waals surface area contributed by atoms with Gasteiger partial charge >= 0.3 is 0 Å². The maximum atomic E-state index is 5.02. The van der Waals surface area contributed by atoms with E-state index in [4.69, 9.17) is 9.97 Å². The van der Waals surface area contributed by atoms with Gasteiger partial charge in [0.1, 0.15) is 0 Å². The zero-order chi connectivity index (χ0) is 28.1. The summed E-state index contributed by atoms with van der Waals surface area (Å²) < 4.78 is 0. The molecule has 198 valence electrons. The number of aromatic nitrogens is 6. The molecule has 0 unspecified atom stereocenters. The lowest BCUT2D eigenvalue weighted by Gasteiger charge is -2.13. The first-order chi connectivity index (χ1) is 20.8. The molecule has 0 radical (unpaired) electrons. The predicted molar refractivity (Wildman–Crippen MR) is 166 cm³/mol. The van der Waals surface area contributed by atoms with E-state index in [0.717, 1.165) is 67.4 Å². The van der Waals surface area contributed by atoms with Gasteiger partial charge in [-0.1, -0.05) is 12.1 Å². The molecular formula is C36H24N6. The Kier molecular flexibility index (Phi) is 6.76. The van der Waals surface area contributed by atoms with Gasteiger partial charge in [0.15, 0.2) is 0 Å². The quantitative estimate of drug-likeness (QED) is 0.212. The second-order valence-corrected chi connectivity index (χ2v) is 9.77. The fourth-order valence-corrected chi connectivity index (χ4v) is 4.91. The first-order valence-corrected chi connectivity index (χ1v) is 13.6. The van der Waals surface area contributed by atoms with E-state index in [0.29, 0.717) is 0 Å². The van der Waals surface area contributed by atoms with Crippen LogP contribution >= 0.6 is 0 Å². The van der Waals surface area contributed by atoms with Crippen molar-refractivity contribution in [1.82, 2.24) is 29.9 Å². The van der Waals surface area contributed by atoms with Gasteiger partial charge in [-0.15, -0.1) is 0 Å². The van der Waals surface area contributed by atoms with Crippen molar-refractivity contribution in [2.45, 2.75) is 0 Å². The van der Waals surface area contributed by atoms with Gasteiger partial charge in [-0.05, 0) is 102 Å². The molecule has 0 saturated carbocycles. The van der Waals surface area contributed by atoms with Gasteiger partial charge in [0.05, 0.1) is 28.5 Å². The molecule has 0 fully saturated rings. The van der Waals surface area contributed by atoms with Gasteiger partial charge in [-0.25, -0.2) is 9.97 Å². The SMILES string of the molecule is c1cncc(-c2cc(-c3cc(-c4cccc(-c5cccnc5)n4)cc(-c4cccc(-c5cccnc5)n4)c3)ccn2)c1. The third-order valence-corrected chi connectivity index (χ3v) is 6.99. The molecule has 0 aliphatic heterocycles. The summed E-state index contributed by atoms with van der Waals surface area (Å²) in [6.45, 7) is 0. The standard InChI is InChI=1S/C36H24N6/c1-9-32(26-6-3-14-37-22-26)41-34(11-1)30-18-29(25-13-17-40-36(21-25)28-8-5-16-39-24-28)19-31(20-30)35-12-2-10-33(42-35)27-7-4-15-38-23-27/h1-24H. The molecular weight excluding hydrogens is 516 g/mol. The number of nitrogens with zero attached hydrogens (tertiary/aromatic N) is 6. The second-order valence-electron chi connectivity index (χ2n) is 9.77. The number of rotatable bonds is 6. The Bertz CT molecular complexity index is 1730.